The number of aliphatic carboxylic acids is 1. The summed E-state index contributed by atoms with van der Waals surface area (Å²) >= 11 is 0. The topological polar surface area (TPSA) is 160 Å². The Morgan fingerprint density at radius 2 is 1.94 bits per heavy atom. The van der Waals surface area contributed by atoms with E-state index in [0.717, 1.165) is 0 Å². The summed E-state index contributed by atoms with van der Waals surface area (Å²) in [5, 5.41) is 57.3. The second-order valence-electron chi connectivity index (χ2n) is 4.04. The van der Waals surface area contributed by atoms with Crippen molar-refractivity contribution in [3.8, 4) is 0 Å². The van der Waals surface area contributed by atoms with Gasteiger partial charge in [0.2, 0.25) is 0 Å². The van der Waals surface area contributed by atoms with Crippen molar-refractivity contribution in [3.63, 3.8) is 0 Å². The molecule has 1 fully saturated rings. The van der Waals surface area contributed by atoms with Gasteiger partial charge in [-0.25, -0.2) is 0 Å². The molecule has 9 heteroatoms. The van der Waals surface area contributed by atoms with Gasteiger partial charge < -0.3 is 35.4 Å². The summed E-state index contributed by atoms with van der Waals surface area (Å²) in [6.07, 6.45) is -4.29. The van der Waals surface area contributed by atoms with Crippen LogP contribution in [-0.4, -0.2) is 86.5 Å². The van der Waals surface area contributed by atoms with Crippen LogP contribution in [0.2, 0.25) is 0 Å². The SMILES string of the molecule is O=C(O)C(CO)NC1(CO)O[C@H](CO)[C@@H](O)[C@@H]1O. The molecule has 0 bridgehead atoms. The Morgan fingerprint density at radius 1 is 1.33 bits per heavy atom. The maximum atomic E-state index is 10.8. The van der Waals surface area contributed by atoms with E-state index in [1.165, 1.54) is 0 Å². The zero-order valence-corrected chi connectivity index (χ0v) is 9.43. The van der Waals surface area contributed by atoms with Gasteiger partial charge in [0.25, 0.3) is 0 Å². The summed E-state index contributed by atoms with van der Waals surface area (Å²) in [5.41, 5.74) is -1.95. The lowest BCUT2D eigenvalue weighted by Gasteiger charge is -2.33. The molecule has 0 amide bonds. The number of carboxylic acids is 1. The first-order chi connectivity index (χ1) is 8.41. The van der Waals surface area contributed by atoms with Gasteiger partial charge >= 0.3 is 5.97 Å². The first-order valence-electron chi connectivity index (χ1n) is 5.29. The molecular formula is C9H17NO8. The van der Waals surface area contributed by atoms with Crippen LogP contribution < -0.4 is 5.32 Å². The van der Waals surface area contributed by atoms with E-state index in [9.17, 15) is 20.1 Å². The standard InChI is InChI=1S/C9H17NO8/c11-1-4(8(16)17)10-9(3-13)7(15)6(14)5(2-12)18-9/h4-7,10-15H,1-3H2,(H,16,17)/t4?,5-,6-,7+,9?/m1/s1. The Hall–Kier alpha value is -0.810. The summed E-state index contributed by atoms with van der Waals surface area (Å²) in [6, 6.07) is -1.49. The normalized spacial score (nSPS) is 37.7. The van der Waals surface area contributed by atoms with Gasteiger partial charge in [-0.3, -0.25) is 10.1 Å². The number of hydrogen-bond donors (Lipinski definition) is 7. The van der Waals surface area contributed by atoms with Crippen molar-refractivity contribution < 1.29 is 40.2 Å². The van der Waals surface area contributed by atoms with Crippen molar-refractivity contribution in [2.75, 3.05) is 19.8 Å². The Labute approximate surface area is 102 Å². The molecule has 1 rings (SSSR count). The monoisotopic (exact) mass is 267 g/mol. The first-order valence-corrected chi connectivity index (χ1v) is 5.29. The highest BCUT2D eigenvalue weighted by atomic mass is 16.6. The number of nitrogens with one attached hydrogen (secondary N) is 1. The third-order valence-electron chi connectivity index (χ3n) is 2.86. The third-order valence-corrected chi connectivity index (χ3v) is 2.86. The highest BCUT2D eigenvalue weighted by Gasteiger charge is 2.55. The van der Waals surface area contributed by atoms with E-state index in [4.69, 9.17) is 20.1 Å². The van der Waals surface area contributed by atoms with Crippen molar-refractivity contribution in [2.24, 2.45) is 0 Å². The van der Waals surface area contributed by atoms with Crippen molar-refractivity contribution in [2.45, 2.75) is 30.1 Å². The fraction of sp³-hybridized carbons (Fsp3) is 0.889. The van der Waals surface area contributed by atoms with E-state index in [2.05, 4.69) is 5.32 Å². The minimum atomic E-state index is -1.95. The van der Waals surface area contributed by atoms with E-state index >= 15 is 0 Å². The third kappa shape index (κ3) is 2.62. The molecule has 7 N–H and O–H groups in total. The predicted molar refractivity (Wildman–Crippen MR) is 55.4 cm³/mol. The molecule has 0 spiro atoms. The van der Waals surface area contributed by atoms with Crippen LogP contribution in [0.5, 0.6) is 0 Å². The lowest BCUT2D eigenvalue weighted by molar-refractivity contribution is -0.160. The maximum Gasteiger partial charge on any atom is 0.323 e. The summed E-state index contributed by atoms with van der Waals surface area (Å²) in [4.78, 5) is 10.8. The lowest BCUT2D eigenvalue weighted by atomic mass is 10.0. The van der Waals surface area contributed by atoms with Crippen molar-refractivity contribution >= 4 is 5.97 Å². The van der Waals surface area contributed by atoms with Crippen LogP contribution in [0.4, 0.5) is 0 Å². The largest absolute Gasteiger partial charge is 0.480 e. The Kier molecular flexibility index (Phi) is 4.99. The van der Waals surface area contributed by atoms with Gasteiger partial charge in [-0.1, -0.05) is 0 Å². The summed E-state index contributed by atoms with van der Waals surface area (Å²) < 4.78 is 5.07. The highest BCUT2D eigenvalue weighted by molar-refractivity contribution is 5.73. The minimum absolute atomic E-state index is 0.613. The van der Waals surface area contributed by atoms with Gasteiger partial charge in [0.15, 0.2) is 5.72 Å². The molecule has 2 unspecified atom stereocenters. The van der Waals surface area contributed by atoms with Gasteiger partial charge in [-0.2, -0.15) is 0 Å². The van der Waals surface area contributed by atoms with Gasteiger partial charge in [0.1, 0.15) is 24.4 Å². The summed E-state index contributed by atoms with van der Waals surface area (Å²) in [7, 11) is 0. The van der Waals surface area contributed by atoms with Gasteiger partial charge in [0.05, 0.1) is 19.8 Å². The molecule has 1 aliphatic rings. The zero-order valence-electron chi connectivity index (χ0n) is 9.43. The number of aliphatic hydroxyl groups is 5. The van der Waals surface area contributed by atoms with Crippen LogP contribution >= 0.6 is 0 Å². The fourth-order valence-electron chi connectivity index (χ4n) is 1.81. The maximum absolute atomic E-state index is 10.8. The molecule has 1 heterocycles. The van der Waals surface area contributed by atoms with Crippen molar-refractivity contribution in [3.05, 3.63) is 0 Å². The zero-order chi connectivity index (χ0) is 13.9. The smallest absolute Gasteiger partial charge is 0.323 e. The van der Waals surface area contributed by atoms with Gasteiger partial charge in [-0.05, 0) is 0 Å². The summed E-state index contributed by atoms with van der Waals surface area (Å²) in [5.74, 6) is -1.41. The average molecular weight is 267 g/mol. The fourth-order valence-corrected chi connectivity index (χ4v) is 1.81. The number of carboxylic acid groups (broad SMARTS) is 1. The number of carbonyl (C=O) groups is 1. The number of ether oxygens (including phenoxy) is 1. The molecule has 1 saturated heterocycles. The molecule has 0 aromatic rings. The van der Waals surface area contributed by atoms with E-state index in [-0.39, 0.29) is 0 Å². The molecule has 18 heavy (non-hydrogen) atoms. The average Bonchev–Trinajstić information content (AvgIpc) is 2.60. The molecule has 0 radical (unpaired) electrons. The highest BCUT2D eigenvalue weighted by Crippen LogP contribution is 2.29. The first kappa shape index (κ1) is 15.2. The van der Waals surface area contributed by atoms with Gasteiger partial charge in [-0.15, -0.1) is 0 Å². The Bertz CT molecular complexity index is 300. The van der Waals surface area contributed by atoms with E-state index in [1.54, 1.807) is 0 Å². The molecule has 106 valence electrons. The Morgan fingerprint density at radius 3 is 2.28 bits per heavy atom. The molecule has 0 aliphatic carbocycles. The summed E-state index contributed by atoms with van der Waals surface area (Å²) in [6.45, 7) is -2.25. The van der Waals surface area contributed by atoms with Gasteiger partial charge in [0, 0.05) is 0 Å². The van der Waals surface area contributed by atoms with E-state index < -0.39 is 55.9 Å². The van der Waals surface area contributed by atoms with Crippen LogP contribution in [0.25, 0.3) is 0 Å². The number of aliphatic hydroxyl groups excluding tert-OH is 5. The van der Waals surface area contributed by atoms with E-state index in [1.807, 2.05) is 0 Å². The molecule has 5 atom stereocenters. The predicted octanol–water partition coefficient (Wildman–Crippen LogP) is -4.18. The van der Waals surface area contributed by atoms with Crippen molar-refractivity contribution in [1.29, 1.82) is 0 Å². The Balaban J connectivity index is 2.89. The van der Waals surface area contributed by atoms with Crippen LogP contribution in [-0.2, 0) is 9.53 Å². The quantitative estimate of drug-likeness (QED) is 0.253. The molecule has 0 aromatic carbocycles. The second kappa shape index (κ2) is 5.89. The molecule has 0 saturated carbocycles. The van der Waals surface area contributed by atoms with Crippen LogP contribution in [0, 0.1) is 0 Å². The van der Waals surface area contributed by atoms with Crippen LogP contribution in [0.3, 0.4) is 0 Å². The number of hydrogen-bond acceptors (Lipinski definition) is 8. The molecular weight excluding hydrogens is 250 g/mol. The van der Waals surface area contributed by atoms with E-state index in [0.29, 0.717) is 0 Å². The second-order valence-corrected chi connectivity index (χ2v) is 4.04. The lowest BCUT2D eigenvalue weighted by Crippen LogP contribution is -2.62. The molecule has 9 nitrogen and oxygen atoms in total. The molecule has 1 aliphatic heterocycles. The van der Waals surface area contributed by atoms with Crippen LogP contribution in [0.1, 0.15) is 0 Å². The molecule has 0 aromatic heterocycles. The minimum Gasteiger partial charge on any atom is -0.480 e. The van der Waals surface area contributed by atoms with Crippen LogP contribution in [0.15, 0.2) is 0 Å². The van der Waals surface area contributed by atoms with Crippen molar-refractivity contribution in [1.82, 2.24) is 5.32 Å². The number of rotatable bonds is 6.